The molecule has 0 saturated carbocycles. The molecule has 7 heteroatoms. The smallest absolute Gasteiger partial charge is 0.416 e. The van der Waals surface area contributed by atoms with E-state index in [9.17, 15) is 27.9 Å². The van der Waals surface area contributed by atoms with Crippen LogP contribution in [0.2, 0.25) is 0 Å². The molecule has 0 aliphatic carbocycles. The Morgan fingerprint density at radius 1 is 1.23 bits per heavy atom. The summed E-state index contributed by atoms with van der Waals surface area (Å²) in [5.74, 6) is -1.41. The van der Waals surface area contributed by atoms with Gasteiger partial charge in [0.05, 0.1) is 17.8 Å². The summed E-state index contributed by atoms with van der Waals surface area (Å²) >= 11 is 0. The number of ether oxygens (including phenoxy) is 1. The summed E-state index contributed by atoms with van der Waals surface area (Å²) in [7, 11) is 0. The minimum absolute atomic E-state index is 0.112. The molecule has 0 spiro atoms. The minimum Gasteiger partial charge on any atom is -0.466 e. The summed E-state index contributed by atoms with van der Waals surface area (Å²) in [5, 5.41) is 10.8. The van der Waals surface area contributed by atoms with Crippen molar-refractivity contribution in [1.29, 1.82) is 0 Å². The number of alkyl halides is 3. The van der Waals surface area contributed by atoms with E-state index in [0.717, 1.165) is 12.1 Å². The van der Waals surface area contributed by atoms with E-state index in [2.05, 4.69) is 0 Å². The molecule has 0 heterocycles. The van der Waals surface area contributed by atoms with E-state index in [1.807, 2.05) is 0 Å². The van der Waals surface area contributed by atoms with Crippen LogP contribution in [0.25, 0.3) is 0 Å². The Balaban J connectivity index is 2.78. The van der Waals surface area contributed by atoms with E-state index in [-0.39, 0.29) is 31.8 Å². The second-order valence-electron chi connectivity index (χ2n) is 6.65. The van der Waals surface area contributed by atoms with Crippen molar-refractivity contribution in [2.45, 2.75) is 58.2 Å². The number of rotatable bonds is 9. The van der Waals surface area contributed by atoms with Crippen LogP contribution in [0.15, 0.2) is 24.3 Å². The third-order valence-corrected chi connectivity index (χ3v) is 4.33. The van der Waals surface area contributed by atoms with Crippen LogP contribution >= 0.6 is 0 Å². The Morgan fingerprint density at radius 3 is 2.42 bits per heavy atom. The molecule has 0 fully saturated rings. The van der Waals surface area contributed by atoms with Crippen molar-refractivity contribution >= 4 is 11.8 Å². The number of ketones is 1. The molecule has 1 N–H and O–H groups in total. The van der Waals surface area contributed by atoms with Crippen LogP contribution in [0.5, 0.6) is 0 Å². The van der Waals surface area contributed by atoms with E-state index < -0.39 is 35.5 Å². The first-order valence-corrected chi connectivity index (χ1v) is 8.53. The van der Waals surface area contributed by atoms with Gasteiger partial charge < -0.3 is 9.84 Å². The number of benzene rings is 1. The number of carbonyl (C=O) groups excluding carboxylic acids is 2. The van der Waals surface area contributed by atoms with Gasteiger partial charge in [-0.05, 0) is 37.3 Å². The van der Waals surface area contributed by atoms with Gasteiger partial charge in [0.2, 0.25) is 0 Å². The Kier molecular flexibility index (Phi) is 7.81. The largest absolute Gasteiger partial charge is 0.466 e. The van der Waals surface area contributed by atoms with Gasteiger partial charge in [-0.15, -0.1) is 0 Å². The van der Waals surface area contributed by atoms with E-state index in [0.29, 0.717) is 5.56 Å². The second kappa shape index (κ2) is 9.16. The zero-order valence-electron chi connectivity index (χ0n) is 15.2. The average molecular weight is 374 g/mol. The fourth-order valence-corrected chi connectivity index (χ4v) is 2.62. The zero-order valence-corrected chi connectivity index (χ0v) is 15.2. The first-order valence-electron chi connectivity index (χ1n) is 8.53. The fourth-order valence-electron chi connectivity index (χ4n) is 2.62. The number of esters is 1. The van der Waals surface area contributed by atoms with Crippen molar-refractivity contribution < 1.29 is 32.6 Å². The number of aliphatic hydroxyl groups is 1. The quantitative estimate of drug-likeness (QED) is 0.525. The Morgan fingerprint density at radius 2 is 1.88 bits per heavy atom. The van der Waals surface area contributed by atoms with Crippen molar-refractivity contribution in [3.63, 3.8) is 0 Å². The first kappa shape index (κ1) is 22.2. The first-order chi connectivity index (χ1) is 12.0. The van der Waals surface area contributed by atoms with E-state index in [4.69, 9.17) is 4.74 Å². The van der Waals surface area contributed by atoms with Crippen LogP contribution < -0.4 is 0 Å². The van der Waals surface area contributed by atoms with Crippen molar-refractivity contribution in [2.24, 2.45) is 5.92 Å². The van der Waals surface area contributed by atoms with Crippen LogP contribution in [-0.2, 0) is 26.9 Å². The lowest BCUT2D eigenvalue weighted by molar-refractivity contribution is -0.147. The van der Waals surface area contributed by atoms with Crippen molar-refractivity contribution in [3.05, 3.63) is 35.4 Å². The highest BCUT2D eigenvalue weighted by Gasteiger charge is 2.34. The van der Waals surface area contributed by atoms with E-state index >= 15 is 0 Å². The highest BCUT2D eigenvalue weighted by molar-refractivity contribution is 5.95. The van der Waals surface area contributed by atoms with Gasteiger partial charge in [-0.25, -0.2) is 0 Å². The van der Waals surface area contributed by atoms with E-state index in [1.54, 1.807) is 26.8 Å². The van der Waals surface area contributed by atoms with Gasteiger partial charge in [-0.1, -0.05) is 32.0 Å². The van der Waals surface area contributed by atoms with Gasteiger partial charge in [0.25, 0.3) is 0 Å². The van der Waals surface area contributed by atoms with Crippen LogP contribution in [0.1, 0.15) is 51.2 Å². The van der Waals surface area contributed by atoms with Gasteiger partial charge >= 0.3 is 12.1 Å². The van der Waals surface area contributed by atoms with Crippen molar-refractivity contribution in [1.82, 2.24) is 0 Å². The SMILES string of the molecule is CCOC(=O)CC(=O)CC(O)(CCc1cccc(C(F)(F)F)c1)C(C)C. The highest BCUT2D eigenvalue weighted by Crippen LogP contribution is 2.31. The van der Waals surface area contributed by atoms with Crippen LogP contribution in [-0.4, -0.2) is 29.1 Å². The van der Waals surface area contributed by atoms with Crippen LogP contribution in [0, 0.1) is 5.92 Å². The van der Waals surface area contributed by atoms with Gasteiger partial charge in [-0.3, -0.25) is 9.59 Å². The maximum Gasteiger partial charge on any atom is 0.416 e. The summed E-state index contributed by atoms with van der Waals surface area (Å²) in [6, 6.07) is 4.90. The van der Waals surface area contributed by atoms with E-state index in [1.165, 1.54) is 6.07 Å². The molecular formula is C19H25F3O4. The maximum atomic E-state index is 12.8. The summed E-state index contributed by atoms with van der Waals surface area (Å²) < 4.78 is 43.1. The molecule has 4 nitrogen and oxygen atoms in total. The normalized spacial score (nSPS) is 14.2. The molecule has 1 unspecified atom stereocenters. The zero-order chi connectivity index (χ0) is 20.0. The van der Waals surface area contributed by atoms with Crippen molar-refractivity contribution in [2.75, 3.05) is 6.61 Å². The van der Waals surface area contributed by atoms with Crippen LogP contribution in [0.4, 0.5) is 13.2 Å². The molecule has 1 aromatic rings. The molecule has 1 atom stereocenters. The van der Waals surface area contributed by atoms with Gasteiger partial charge in [0, 0.05) is 6.42 Å². The predicted octanol–water partition coefficient (Wildman–Crippen LogP) is 3.94. The standard InChI is InChI=1S/C19H25F3O4/c1-4-26-17(24)11-16(23)12-18(25,13(2)3)9-8-14-6-5-7-15(10-14)19(20,21)22/h5-7,10,13,25H,4,8-9,11-12H2,1-3H3. The lowest BCUT2D eigenvalue weighted by atomic mass is 9.80. The van der Waals surface area contributed by atoms with Gasteiger partial charge in [0.1, 0.15) is 12.2 Å². The molecule has 0 amide bonds. The number of carbonyl (C=O) groups is 2. The second-order valence-corrected chi connectivity index (χ2v) is 6.65. The number of hydrogen-bond acceptors (Lipinski definition) is 4. The number of aryl methyl sites for hydroxylation is 1. The fraction of sp³-hybridized carbons (Fsp3) is 0.579. The average Bonchev–Trinajstić information content (AvgIpc) is 2.52. The molecule has 1 aromatic carbocycles. The lowest BCUT2D eigenvalue weighted by Crippen LogP contribution is -2.38. The molecule has 1 rings (SSSR count). The van der Waals surface area contributed by atoms with Crippen LogP contribution in [0.3, 0.4) is 0 Å². The molecular weight excluding hydrogens is 349 g/mol. The van der Waals surface area contributed by atoms with Crippen molar-refractivity contribution in [3.8, 4) is 0 Å². The molecule has 0 bridgehead atoms. The predicted molar refractivity (Wildman–Crippen MR) is 90.4 cm³/mol. The Hall–Kier alpha value is -1.89. The summed E-state index contributed by atoms with van der Waals surface area (Å²) in [6.45, 7) is 5.24. The maximum absolute atomic E-state index is 12.8. The number of Topliss-reactive ketones (excluding diaryl/α,β-unsaturated/α-hetero) is 1. The molecule has 0 aliphatic rings. The lowest BCUT2D eigenvalue weighted by Gasteiger charge is -2.32. The molecule has 146 valence electrons. The summed E-state index contributed by atoms with van der Waals surface area (Å²) in [6.07, 6.45) is -4.80. The minimum atomic E-state index is -4.43. The monoisotopic (exact) mass is 374 g/mol. The third-order valence-electron chi connectivity index (χ3n) is 4.33. The number of hydrogen-bond donors (Lipinski definition) is 1. The summed E-state index contributed by atoms with van der Waals surface area (Å²) in [4.78, 5) is 23.4. The molecule has 26 heavy (non-hydrogen) atoms. The van der Waals surface area contributed by atoms with Gasteiger partial charge in [0.15, 0.2) is 0 Å². The Labute approximate surface area is 151 Å². The highest BCUT2D eigenvalue weighted by atomic mass is 19.4. The summed E-state index contributed by atoms with van der Waals surface area (Å²) in [5.41, 5.74) is -1.73. The molecule has 0 saturated heterocycles. The Bertz CT molecular complexity index is 625. The molecule has 0 aromatic heterocycles. The molecule has 0 radical (unpaired) electrons. The third kappa shape index (κ3) is 6.78. The van der Waals surface area contributed by atoms with Gasteiger partial charge in [-0.2, -0.15) is 13.2 Å². The molecule has 0 aliphatic heterocycles. The topological polar surface area (TPSA) is 63.6 Å². The number of halogens is 3.